The van der Waals surface area contributed by atoms with Gasteiger partial charge in [0, 0.05) is 6.61 Å². The standard InChI is InChI=1S/C10H18O3/c1-4-5-6-7-12-8-10(11)13-9(2)3/h4,9H,1,5-8H2,2-3H3. The van der Waals surface area contributed by atoms with E-state index < -0.39 is 0 Å². The summed E-state index contributed by atoms with van der Waals surface area (Å²) in [6.07, 6.45) is 3.58. The lowest BCUT2D eigenvalue weighted by Gasteiger charge is -2.07. The maximum absolute atomic E-state index is 10.9. The maximum atomic E-state index is 10.9. The van der Waals surface area contributed by atoms with Crippen LogP contribution in [0.1, 0.15) is 26.7 Å². The molecule has 0 saturated carbocycles. The molecule has 0 aromatic rings. The minimum absolute atomic E-state index is 0.0509. The molecule has 0 spiro atoms. The molecule has 0 rings (SSSR count). The highest BCUT2D eigenvalue weighted by Gasteiger charge is 2.04. The van der Waals surface area contributed by atoms with Gasteiger partial charge < -0.3 is 9.47 Å². The minimum atomic E-state index is -0.298. The summed E-state index contributed by atoms with van der Waals surface area (Å²) < 4.78 is 9.95. The van der Waals surface area contributed by atoms with Gasteiger partial charge in [0.2, 0.25) is 0 Å². The molecule has 3 heteroatoms. The van der Waals surface area contributed by atoms with Crippen molar-refractivity contribution in [2.24, 2.45) is 0 Å². The summed E-state index contributed by atoms with van der Waals surface area (Å²) in [6.45, 7) is 7.85. The maximum Gasteiger partial charge on any atom is 0.332 e. The molecule has 0 aliphatic heterocycles. The monoisotopic (exact) mass is 186 g/mol. The van der Waals surface area contributed by atoms with Crippen LogP contribution >= 0.6 is 0 Å². The van der Waals surface area contributed by atoms with Crippen molar-refractivity contribution in [3.63, 3.8) is 0 Å². The zero-order valence-corrected chi connectivity index (χ0v) is 8.41. The lowest BCUT2D eigenvalue weighted by atomic mass is 10.3. The highest BCUT2D eigenvalue weighted by Crippen LogP contribution is 1.93. The van der Waals surface area contributed by atoms with E-state index in [1.165, 1.54) is 0 Å². The molecule has 0 fully saturated rings. The number of unbranched alkanes of at least 4 members (excludes halogenated alkanes) is 1. The zero-order chi connectivity index (χ0) is 10.1. The SMILES string of the molecule is C=CCCCOCC(=O)OC(C)C. The average molecular weight is 186 g/mol. The van der Waals surface area contributed by atoms with Crippen LogP contribution in [0.5, 0.6) is 0 Å². The predicted octanol–water partition coefficient (Wildman–Crippen LogP) is 1.92. The molecule has 0 atom stereocenters. The molecule has 0 radical (unpaired) electrons. The lowest BCUT2D eigenvalue weighted by Crippen LogP contribution is -2.17. The van der Waals surface area contributed by atoms with Gasteiger partial charge in [-0.25, -0.2) is 4.79 Å². The Balaban J connectivity index is 3.22. The average Bonchev–Trinajstić information content (AvgIpc) is 2.02. The number of hydrogen-bond acceptors (Lipinski definition) is 3. The van der Waals surface area contributed by atoms with Crippen LogP contribution in [-0.2, 0) is 14.3 Å². The summed E-state index contributed by atoms with van der Waals surface area (Å²) in [7, 11) is 0. The third kappa shape index (κ3) is 9.08. The fourth-order valence-corrected chi connectivity index (χ4v) is 0.782. The number of carbonyl (C=O) groups excluding carboxylic acids is 1. The minimum Gasteiger partial charge on any atom is -0.461 e. The van der Waals surface area contributed by atoms with Gasteiger partial charge in [-0.1, -0.05) is 6.08 Å². The van der Waals surface area contributed by atoms with Crippen LogP contribution in [0.15, 0.2) is 12.7 Å². The Kier molecular flexibility index (Phi) is 7.30. The second-order valence-electron chi connectivity index (χ2n) is 3.02. The van der Waals surface area contributed by atoms with E-state index in [2.05, 4.69) is 6.58 Å². The highest BCUT2D eigenvalue weighted by atomic mass is 16.6. The molecule has 0 amide bonds. The lowest BCUT2D eigenvalue weighted by molar-refractivity contribution is -0.152. The molecule has 0 saturated heterocycles. The summed E-state index contributed by atoms with van der Waals surface area (Å²) in [5.74, 6) is -0.298. The number of carbonyl (C=O) groups is 1. The summed E-state index contributed by atoms with van der Waals surface area (Å²) in [5.41, 5.74) is 0. The molecule has 0 aliphatic rings. The van der Waals surface area contributed by atoms with Crippen molar-refractivity contribution in [1.82, 2.24) is 0 Å². The van der Waals surface area contributed by atoms with E-state index in [0.717, 1.165) is 12.8 Å². The van der Waals surface area contributed by atoms with Crippen molar-refractivity contribution in [3.05, 3.63) is 12.7 Å². The summed E-state index contributed by atoms with van der Waals surface area (Å²) in [4.78, 5) is 10.9. The molecule has 13 heavy (non-hydrogen) atoms. The molecular formula is C10H18O3. The predicted molar refractivity (Wildman–Crippen MR) is 51.5 cm³/mol. The van der Waals surface area contributed by atoms with Crippen molar-refractivity contribution in [2.75, 3.05) is 13.2 Å². The normalized spacial score (nSPS) is 10.1. The summed E-state index contributed by atoms with van der Waals surface area (Å²) >= 11 is 0. The van der Waals surface area contributed by atoms with Gasteiger partial charge in [-0.3, -0.25) is 0 Å². The van der Waals surface area contributed by atoms with Crippen LogP contribution in [-0.4, -0.2) is 25.3 Å². The first-order chi connectivity index (χ1) is 6.16. The molecule has 0 aliphatic carbocycles. The van der Waals surface area contributed by atoms with Gasteiger partial charge >= 0.3 is 5.97 Å². The quantitative estimate of drug-likeness (QED) is 0.346. The van der Waals surface area contributed by atoms with Crippen molar-refractivity contribution in [3.8, 4) is 0 Å². The Morgan fingerprint density at radius 2 is 2.23 bits per heavy atom. The van der Waals surface area contributed by atoms with Gasteiger partial charge in [-0.05, 0) is 26.7 Å². The van der Waals surface area contributed by atoms with Gasteiger partial charge in [0.05, 0.1) is 6.10 Å². The van der Waals surface area contributed by atoms with Crippen LogP contribution in [0.3, 0.4) is 0 Å². The van der Waals surface area contributed by atoms with Crippen molar-refractivity contribution >= 4 is 5.97 Å². The smallest absolute Gasteiger partial charge is 0.332 e. The molecule has 3 nitrogen and oxygen atoms in total. The Morgan fingerprint density at radius 3 is 2.77 bits per heavy atom. The van der Waals surface area contributed by atoms with E-state index in [0.29, 0.717) is 6.61 Å². The van der Waals surface area contributed by atoms with Crippen molar-refractivity contribution < 1.29 is 14.3 Å². The molecule has 0 aromatic heterocycles. The second kappa shape index (κ2) is 7.80. The summed E-state index contributed by atoms with van der Waals surface area (Å²) in [6, 6.07) is 0. The first kappa shape index (κ1) is 12.2. The molecule has 0 unspecified atom stereocenters. The fourth-order valence-electron chi connectivity index (χ4n) is 0.782. The molecule has 0 aromatic carbocycles. The van der Waals surface area contributed by atoms with E-state index >= 15 is 0 Å². The molecular weight excluding hydrogens is 168 g/mol. The van der Waals surface area contributed by atoms with E-state index in [4.69, 9.17) is 9.47 Å². The van der Waals surface area contributed by atoms with Crippen LogP contribution in [0.25, 0.3) is 0 Å². The van der Waals surface area contributed by atoms with E-state index in [-0.39, 0.29) is 18.7 Å². The number of esters is 1. The van der Waals surface area contributed by atoms with Crippen LogP contribution in [0.4, 0.5) is 0 Å². The second-order valence-corrected chi connectivity index (χ2v) is 3.02. The Hall–Kier alpha value is -0.830. The van der Waals surface area contributed by atoms with E-state index in [1.54, 1.807) is 0 Å². The molecule has 76 valence electrons. The van der Waals surface area contributed by atoms with Crippen LogP contribution < -0.4 is 0 Å². The number of ether oxygens (including phenoxy) is 2. The van der Waals surface area contributed by atoms with Crippen LogP contribution in [0.2, 0.25) is 0 Å². The van der Waals surface area contributed by atoms with Crippen molar-refractivity contribution in [2.45, 2.75) is 32.8 Å². The van der Waals surface area contributed by atoms with Gasteiger partial charge in [-0.2, -0.15) is 0 Å². The summed E-state index contributed by atoms with van der Waals surface area (Å²) in [5, 5.41) is 0. The van der Waals surface area contributed by atoms with Gasteiger partial charge in [0.25, 0.3) is 0 Å². The van der Waals surface area contributed by atoms with Gasteiger partial charge in [0.15, 0.2) is 0 Å². The third-order valence-electron chi connectivity index (χ3n) is 1.28. The molecule has 0 N–H and O–H groups in total. The zero-order valence-electron chi connectivity index (χ0n) is 8.41. The van der Waals surface area contributed by atoms with E-state index in [9.17, 15) is 4.79 Å². The Labute approximate surface area is 79.7 Å². The first-order valence-corrected chi connectivity index (χ1v) is 4.55. The Morgan fingerprint density at radius 1 is 1.54 bits per heavy atom. The largest absolute Gasteiger partial charge is 0.461 e. The van der Waals surface area contributed by atoms with Gasteiger partial charge in [0.1, 0.15) is 6.61 Å². The number of rotatable bonds is 7. The number of allylic oxidation sites excluding steroid dienone is 1. The number of hydrogen-bond donors (Lipinski definition) is 0. The highest BCUT2D eigenvalue weighted by molar-refractivity contribution is 5.70. The fraction of sp³-hybridized carbons (Fsp3) is 0.700. The molecule has 0 bridgehead atoms. The first-order valence-electron chi connectivity index (χ1n) is 4.55. The topological polar surface area (TPSA) is 35.5 Å². The van der Waals surface area contributed by atoms with E-state index in [1.807, 2.05) is 19.9 Å². The van der Waals surface area contributed by atoms with Gasteiger partial charge in [-0.15, -0.1) is 6.58 Å². The van der Waals surface area contributed by atoms with Crippen molar-refractivity contribution in [1.29, 1.82) is 0 Å². The Bertz CT molecular complexity index is 152. The molecule has 0 heterocycles. The third-order valence-corrected chi connectivity index (χ3v) is 1.28. The van der Waals surface area contributed by atoms with Crippen LogP contribution in [0, 0.1) is 0 Å².